The molecule has 1 spiro atoms. The summed E-state index contributed by atoms with van der Waals surface area (Å²) in [6.07, 6.45) is 1.71. The number of hydrogen-bond acceptors (Lipinski definition) is 10. The number of nitrogens with zero attached hydrogens (tertiary/aromatic N) is 2. The van der Waals surface area contributed by atoms with Crippen molar-refractivity contribution in [2.75, 3.05) is 5.32 Å². The number of oxazole rings is 2. The summed E-state index contributed by atoms with van der Waals surface area (Å²) in [5.74, 6) is 0.220. The van der Waals surface area contributed by atoms with Crippen molar-refractivity contribution in [2.24, 2.45) is 17.8 Å². The van der Waals surface area contributed by atoms with Crippen molar-refractivity contribution in [1.29, 1.82) is 0 Å². The second-order valence-corrected chi connectivity index (χ2v) is 15.3. The van der Waals surface area contributed by atoms with E-state index in [9.17, 15) is 19.8 Å². The van der Waals surface area contributed by atoms with Gasteiger partial charge in [0.1, 0.15) is 29.1 Å². The number of rotatable bonds is 5. The number of phenols is 1. The Bertz CT molecular complexity index is 2530. The summed E-state index contributed by atoms with van der Waals surface area (Å²) >= 11 is 0. The second-order valence-electron chi connectivity index (χ2n) is 15.3. The lowest BCUT2D eigenvalue weighted by atomic mass is 9.72. The second kappa shape index (κ2) is 11.1. The van der Waals surface area contributed by atoms with Gasteiger partial charge in [-0.25, -0.2) is 9.97 Å². The molecule has 12 nitrogen and oxygen atoms in total. The first-order chi connectivity index (χ1) is 25.5. The zero-order valence-corrected chi connectivity index (χ0v) is 29.5. The van der Waals surface area contributed by atoms with Crippen LogP contribution in [0, 0.1) is 17.8 Å². The third kappa shape index (κ3) is 4.32. The Morgan fingerprint density at radius 2 is 1.87 bits per heavy atom. The lowest BCUT2D eigenvalue weighted by Crippen LogP contribution is -2.41. The number of aromatic nitrogens is 3. The fourth-order valence-corrected chi connectivity index (χ4v) is 8.76. The number of amides is 1. The zero-order valence-electron chi connectivity index (χ0n) is 29.5. The number of aliphatic hydroxyl groups is 1. The van der Waals surface area contributed by atoms with Gasteiger partial charge in [0, 0.05) is 51.9 Å². The highest BCUT2D eigenvalue weighted by Gasteiger charge is 2.61. The number of hydrogen-bond donors (Lipinski definition) is 5. The molecule has 2 unspecified atom stereocenters. The first-order valence-corrected chi connectivity index (χ1v) is 18.1. The lowest BCUT2D eigenvalue weighted by molar-refractivity contribution is -0.135. The van der Waals surface area contributed by atoms with Crippen LogP contribution in [0.25, 0.3) is 44.9 Å². The van der Waals surface area contributed by atoms with Gasteiger partial charge < -0.3 is 39.4 Å². The van der Waals surface area contributed by atoms with E-state index in [1.165, 1.54) is 0 Å². The van der Waals surface area contributed by atoms with E-state index in [0.717, 1.165) is 38.9 Å². The third-order valence-electron chi connectivity index (χ3n) is 11.4. The predicted octanol–water partition coefficient (Wildman–Crippen LogP) is 6.60. The van der Waals surface area contributed by atoms with Crippen molar-refractivity contribution in [1.82, 2.24) is 20.3 Å². The van der Waals surface area contributed by atoms with E-state index in [1.54, 1.807) is 32.3 Å². The van der Waals surface area contributed by atoms with Crippen LogP contribution >= 0.6 is 0 Å². The molecule has 1 amide bonds. The van der Waals surface area contributed by atoms with E-state index in [2.05, 4.69) is 21.7 Å². The van der Waals surface area contributed by atoms with Crippen LogP contribution in [0.3, 0.4) is 0 Å². The number of ether oxygens (including phenoxy) is 1. The predicted molar refractivity (Wildman–Crippen MR) is 194 cm³/mol. The number of fused-ring (bicyclic) bond motifs is 7. The molecule has 4 aliphatic heterocycles. The molecule has 10 rings (SSSR count). The Morgan fingerprint density at radius 1 is 1.02 bits per heavy atom. The SMILES string of the molecule is CC(C)[C@H](O)C(=O)CC1Cc2ccc3c(c2)C24c5cccc(c5N[C@H]2O3)-c2ccc(O)c3[nH]cc(c23)-c2cnc(o2)-c2nc(oc24)[C@H](C(C)C)NC1=O. The van der Waals surface area contributed by atoms with Gasteiger partial charge in [0.25, 0.3) is 0 Å². The monoisotopic (exact) mass is 711 g/mol. The van der Waals surface area contributed by atoms with Gasteiger partial charge in [0.05, 0.1) is 11.7 Å². The summed E-state index contributed by atoms with van der Waals surface area (Å²) in [5.41, 5.74) is 5.68. The molecule has 5 N–H and O–H groups in total. The average molecular weight is 712 g/mol. The van der Waals surface area contributed by atoms with Crippen molar-refractivity contribution < 1.29 is 33.4 Å². The number of aromatic amines is 1. The number of aliphatic hydroxyl groups excluding tert-OH is 1. The normalized spacial score (nSPS) is 22.5. The number of carbonyl (C=O) groups is 2. The number of benzene rings is 3. The highest BCUT2D eigenvalue weighted by Crippen LogP contribution is 2.61. The molecule has 0 saturated heterocycles. The largest absolute Gasteiger partial charge is 0.506 e. The maximum atomic E-state index is 14.2. The Kier molecular flexibility index (Phi) is 6.64. The van der Waals surface area contributed by atoms with Crippen molar-refractivity contribution >= 4 is 28.3 Å². The van der Waals surface area contributed by atoms with Gasteiger partial charge in [-0.2, -0.15) is 0 Å². The highest BCUT2D eigenvalue weighted by molar-refractivity contribution is 6.09. The number of H-pyrrole nitrogens is 1. The Labute approximate surface area is 303 Å². The summed E-state index contributed by atoms with van der Waals surface area (Å²) < 4.78 is 20.4. The molecule has 0 aliphatic carbocycles. The molecule has 4 aliphatic rings. The summed E-state index contributed by atoms with van der Waals surface area (Å²) in [4.78, 5) is 40.6. The number of carbonyl (C=O) groups excluding carboxylic acids is 2. The summed E-state index contributed by atoms with van der Waals surface area (Å²) in [5, 5.41) is 29.3. The number of anilines is 1. The molecule has 7 heterocycles. The van der Waals surface area contributed by atoms with Crippen LogP contribution in [-0.4, -0.2) is 49.2 Å². The van der Waals surface area contributed by atoms with E-state index in [1.807, 2.05) is 50.2 Å². The van der Waals surface area contributed by atoms with E-state index in [0.29, 0.717) is 34.0 Å². The van der Waals surface area contributed by atoms with Crippen LogP contribution in [-0.2, 0) is 21.4 Å². The number of aromatic hydroxyl groups is 1. The molecule has 0 fully saturated rings. The topological polar surface area (TPSA) is 176 Å². The van der Waals surface area contributed by atoms with Gasteiger partial charge in [0.15, 0.2) is 29.2 Å². The van der Waals surface area contributed by atoms with Gasteiger partial charge in [-0.3, -0.25) is 9.59 Å². The van der Waals surface area contributed by atoms with Gasteiger partial charge >= 0.3 is 0 Å². The summed E-state index contributed by atoms with van der Waals surface area (Å²) in [6.45, 7) is 7.50. The molecule has 0 saturated carbocycles. The van der Waals surface area contributed by atoms with Crippen molar-refractivity contribution in [3.63, 3.8) is 0 Å². The fraction of sp³-hybridized carbons (Fsp3) is 0.317. The van der Waals surface area contributed by atoms with Crippen molar-refractivity contribution in [3.05, 3.63) is 89.3 Å². The molecule has 12 heteroatoms. The Hall–Kier alpha value is -5.88. The minimum absolute atomic E-state index is 0.106. The zero-order chi connectivity index (χ0) is 36.5. The van der Waals surface area contributed by atoms with Crippen molar-refractivity contribution in [2.45, 2.75) is 64.3 Å². The average Bonchev–Trinajstić information content (AvgIpc) is 3.96. The number of para-hydroxylation sites is 1. The molecule has 6 aromatic rings. The van der Waals surface area contributed by atoms with E-state index in [4.69, 9.17) is 23.5 Å². The van der Waals surface area contributed by atoms with Gasteiger partial charge in [-0.05, 0) is 47.6 Å². The molecule has 53 heavy (non-hydrogen) atoms. The fourth-order valence-electron chi connectivity index (χ4n) is 8.76. The summed E-state index contributed by atoms with van der Waals surface area (Å²) in [7, 11) is 0. The van der Waals surface area contributed by atoms with Crippen LogP contribution in [0.4, 0.5) is 5.69 Å². The highest BCUT2D eigenvalue weighted by atomic mass is 16.5. The molecule has 3 aromatic carbocycles. The molecule has 10 bridgehead atoms. The van der Waals surface area contributed by atoms with E-state index in [-0.39, 0.29) is 53.9 Å². The van der Waals surface area contributed by atoms with Gasteiger partial charge in [-0.15, -0.1) is 0 Å². The van der Waals surface area contributed by atoms with Gasteiger partial charge in [0.2, 0.25) is 17.7 Å². The molecule has 5 atom stereocenters. The first-order valence-electron chi connectivity index (χ1n) is 18.1. The van der Waals surface area contributed by atoms with Crippen LogP contribution in [0.2, 0.25) is 0 Å². The number of nitrogens with one attached hydrogen (secondary N) is 3. The van der Waals surface area contributed by atoms with E-state index < -0.39 is 29.7 Å². The smallest absolute Gasteiger partial charge is 0.249 e. The number of Topliss-reactive ketones (excluding diaryl/α,β-unsaturated/α-hetero) is 1. The minimum Gasteiger partial charge on any atom is -0.506 e. The molecule has 268 valence electrons. The quantitative estimate of drug-likeness (QED) is 0.131. The van der Waals surface area contributed by atoms with Crippen LogP contribution in [0.1, 0.15) is 68.5 Å². The molecular formula is C41H37N5O7. The maximum Gasteiger partial charge on any atom is 0.249 e. The number of ketones is 1. The van der Waals surface area contributed by atoms with Crippen LogP contribution in [0.5, 0.6) is 11.5 Å². The minimum atomic E-state index is -1.18. The van der Waals surface area contributed by atoms with E-state index >= 15 is 0 Å². The molecule has 0 radical (unpaired) electrons. The van der Waals surface area contributed by atoms with Gasteiger partial charge in [-0.1, -0.05) is 58.0 Å². The summed E-state index contributed by atoms with van der Waals surface area (Å²) in [6, 6.07) is 14.9. The first kappa shape index (κ1) is 31.8. The van der Waals surface area contributed by atoms with Crippen LogP contribution in [0.15, 0.2) is 69.8 Å². The number of phenolic OH excluding ortho intramolecular Hbond substituents is 1. The molecule has 3 aromatic heterocycles. The van der Waals surface area contributed by atoms with Crippen molar-refractivity contribution in [3.8, 4) is 45.5 Å². The molecular weight excluding hydrogens is 674 g/mol. The van der Waals surface area contributed by atoms with Crippen LogP contribution < -0.4 is 15.4 Å². The Morgan fingerprint density at radius 3 is 2.68 bits per heavy atom. The standard InChI is InChI=1S/C41H37N5O7/c1-17(2)31-39-45-34-36(53-39)41-24-7-5-6-22(21-9-10-26(47)33-30(21)23(15-42-33)29-16-43-38(34)51-29)32(24)46-40(41)52-28-11-8-19(13-25(28)41)12-20(37(50)44-31)14-27(48)35(49)18(3)4/h5-11,13,15-18,20,31,35,40,42,46-47,49H,12,14H2,1-4H3,(H,44,50)/t20?,31-,35-,40-,41?/m0/s1. The maximum absolute atomic E-state index is 14.2. The lowest BCUT2D eigenvalue weighted by Gasteiger charge is -2.28. The Balaban J connectivity index is 1.28. The third-order valence-corrected chi connectivity index (χ3v) is 11.4.